The Morgan fingerprint density at radius 2 is 1.68 bits per heavy atom. The van der Waals surface area contributed by atoms with Crippen LogP contribution in [-0.2, 0) is 9.59 Å². The average Bonchev–Trinajstić information content (AvgIpc) is 2.69. The Morgan fingerprint density at radius 3 is 2.36 bits per heavy atom. The molecule has 0 aliphatic heterocycles. The van der Waals surface area contributed by atoms with Gasteiger partial charge in [-0.15, -0.1) is 0 Å². The first-order chi connectivity index (χ1) is 13.4. The minimum atomic E-state index is -1.01. The van der Waals surface area contributed by atoms with Crippen LogP contribution in [0, 0.1) is 11.8 Å². The van der Waals surface area contributed by atoms with Crippen molar-refractivity contribution in [2.24, 2.45) is 11.8 Å². The fourth-order valence-corrected chi connectivity index (χ4v) is 3.79. The van der Waals surface area contributed by atoms with E-state index in [1.54, 1.807) is 54.6 Å². The third-order valence-electron chi connectivity index (χ3n) is 4.69. The van der Waals surface area contributed by atoms with Crippen molar-refractivity contribution in [3.8, 4) is 0 Å². The molecule has 0 bridgehead atoms. The Kier molecular flexibility index (Phi) is 6.31. The number of carboxylic acids is 1. The molecule has 0 spiro atoms. The van der Waals surface area contributed by atoms with E-state index in [1.165, 1.54) is 0 Å². The van der Waals surface area contributed by atoms with E-state index in [9.17, 15) is 19.5 Å². The number of carbonyl (C=O) groups is 3. The van der Waals surface area contributed by atoms with Gasteiger partial charge in [0, 0.05) is 15.6 Å². The van der Waals surface area contributed by atoms with Gasteiger partial charge in [0.05, 0.1) is 22.5 Å². The molecular weight excluding hydrogens is 446 g/mol. The SMILES string of the molecule is O=C(c1ccccc1Cl)c1cc(Br)ccc1NC(=O)C1CC=CCC1C(=O)O. The van der Waals surface area contributed by atoms with Gasteiger partial charge in [-0.1, -0.05) is 51.8 Å². The number of amides is 1. The van der Waals surface area contributed by atoms with Crippen LogP contribution >= 0.6 is 27.5 Å². The third kappa shape index (κ3) is 4.34. The molecule has 7 heteroatoms. The first kappa shape index (κ1) is 20.3. The van der Waals surface area contributed by atoms with Gasteiger partial charge in [0.25, 0.3) is 0 Å². The maximum Gasteiger partial charge on any atom is 0.307 e. The summed E-state index contributed by atoms with van der Waals surface area (Å²) in [6.45, 7) is 0. The summed E-state index contributed by atoms with van der Waals surface area (Å²) in [7, 11) is 0. The minimum Gasteiger partial charge on any atom is -0.481 e. The first-order valence-corrected chi connectivity index (χ1v) is 9.83. The molecule has 0 radical (unpaired) electrons. The molecule has 0 heterocycles. The Labute approximate surface area is 175 Å². The highest BCUT2D eigenvalue weighted by atomic mass is 79.9. The Morgan fingerprint density at radius 1 is 1.00 bits per heavy atom. The van der Waals surface area contributed by atoms with Crippen LogP contribution in [0.25, 0.3) is 0 Å². The number of carbonyl (C=O) groups excluding carboxylic acids is 2. The van der Waals surface area contributed by atoms with Crippen molar-refractivity contribution < 1.29 is 19.5 Å². The maximum atomic E-state index is 13.0. The van der Waals surface area contributed by atoms with E-state index < -0.39 is 23.7 Å². The van der Waals surface area contributed by atoms with E-state index in [-0.39, 0.29) is 11.3 Å². The molecule has 1 aliphatic rings. The van der Waals surface area contributed by atoms with Crippen molar-refractivity contribution in [2.75, 3.05) is 5.32 Å². The van der Waals surface area contributed by atoms with E-state index in [2.05, 4.69) is 21.2 Å². The number of ketones is 1. The summed E-state index contributed by atoms with van der Waals surface area (Å²) >= 11 is 9.49. The second-order valence-corrected chi connectivity index (χ2v) is 7.81. The van der Waals surface area contributed by atoms with Crippen LogP contribution in [0.1, 0.15) is 28.8 Å². The first-order valence-electron chi connectivity index (χ1n) is 8.66. The summed E-state index contributed by atoms with van der Waals surface area (Å²) in [4.78, 5) is 37.3. The van der Waals surface area contributed by atoms with E-state index >= 15 is 0 Å². The summed E-state index contributed by atoms with van der Waals surface area (Å²) < 4.78 is 0.671. The van der Waals surface area contributed by atoms with Crippen LogP contribution in [0.5, 0.6) is 0 Å². The number of aliphatic carboxylic acids is 1. The number of allylic oxidation sites excluding steroid dienone is 2. The molecule has 3 rings (SSSR count). The molecule has 0 saturated heterocycles. The van der Waals surface area contributed by atoms with E-state index in [0.29, 0.717) is 33.6 Å². The van der Waals surface area contributed by atoms with Crippen molar-refractivity contribution >= 4 is 50.9 Å². The number of benzene rings is 2. The van der Waals surface area contributed by atoms with Crippen molar-refractivity contribution in [3.63, 3.8) is 0 Å². The Bertz CT molecular complexity index is 973. The number of carboxylic acid groups (broad SMARTS) is 1. The largest absolute Gasteiger partial charge is 0.481 e. The predicted octanol–water partition coefficient (Wildman–Crippen LogP) is 4.94. The molecule has 0 aromatic heterocycles. The zero-order valence-corrected chi connectivity index (χ0v) is 17.0. The lowest BCUT2D eigenvalue weighted by Crippen LogP contribution is -2.35. The molecular formula is C21H17BrClNO4. The fourth-order valence-electron chi connectivity index (χ4n) is 3.21. The quantitative estimate of drug-likeness (QED) is 0.487. The molecule has 2 atom stereocenters. The van der Waals surface area contributed by atoms with Gasteiger partial charge in [0.2, 0.25) is 5.91 Å². The highest BCUT2D eigenvalue weighted by Crippen LogP contribution is 2.30. The van der Waals surface area contributed by atoms with Gasteiger partial charge < -0.3 is 10.4 Å². The van der Waals surface area contributed by atoms with Crippen LogP contribution in [0.4, 0.5) is 5.69 Å². The van der Waals surface area contributed by atoms with Crippen LogP contribution in [0.2, 0.25) is 5.02 Å². The van der Waals surface area contributed by atoms with Crippen molar-refractivity contribution in [3.05, 3.63) is 75.2 Å². The monoisotopic (exact) mass is 461 g/mol. The summed E-state index contributed by atoms with van der Waals surface area (Å²) in [5, 5.41) is 12.4. The van der Waals surface area contributed by atoms with Gasteiger partial charge in [0.15, 0.2) is 5.78 Å². The Hall–Kier alpha value is -2.44. The number of rotatable bonds is 5. The molecule has 2 aromatic carbocycles. The van der Waals surface area contributed by atoms with Crippen molar-refractivity contribution in [2.45, 2.75) is 12.8 Å². The van der Waals surface area contributed by atoms with Crippen LogP contribution < -0.4 is 5.32 Å². The molecule has 144 valence electrons. The second-order valence-electron chi connectivity index (χ2n) is 6.48. The highest BCUT2D eigenvalue weighted by molar-refractivity contribution is 9.10. The molecule has 1 amide bonds. The maximum absolute atomic E-state index is 13.0. The molecule has 2 N–H and O–H groups in total. The predicted molar refractivity (Wildman–Crippen MR) is 111 cm³/mol. The van der Waals surface area contributed by atoms with Gasteiger partial charge >= 0.3 is 5.97 Å². The highest BCUT2D eigenvalue weighted by Gasteiger charge is 2.34. The van der Waals surface area contributed by atoms with Gasteiger partial charge in [-0.05, 0) is 43.2 Å². The third-order valence-corrected chi connectivity index (χ3v) is 5.51. The number of anilines is 1. The van der Waals surface area contributed by atoms with E-state index in [0.717, 1.165) is 0 Å². The van der Waals surface area contributed by atoms with Gasteiger partial charge in [-0.25, -0.2) is 0 Å². The summed E-state index contributed by atoms with van der Waals surface area (Å²) in [5.74, 6) is -3.25. The standard InChI is InChI=1S/C21H17BrClNO4/c22-12-9-10-18(16(11-12)19(25)15-7-3-4-8-17(15)23)24-20(26)13-5-1-2-6-14(13)21(27)28/h1-4,7-11,13-14H,5-6H2,(H,24,26)(H,27,28). The normalized spacial score (nSPS) is 18.5. The van der Waals surface area contributed by atoms with Crippen LogP contribution in [0.3, 0.4) is 0 Å². The lowest BCUT2D eigenvalue weighted by atomic mass is 9.82. The minimum absolute atomic E-state index is 0.272. The van der Waals surface area contributed by atoms with E-state index in [1.807, 2.05) is 0 Å². The average molecular weight is 463 g/mol. The molecule has 0 fully saturated rings. The zero-order chi connectivity index (χ0) is 20.3. The van der Waals surface area contributed by atoms with E-state index in [4.69, 9.17) is 11.6 Å². The Balaban J connectivity index is 1.92. The van der Waals surface area contributed by atoms with Crippen molar-refractivity contribution in [1.29, 1.82) is 0 Å². The van der Waals surface area contributed by atoms with Gasteiger partial charge in [0.1, 0.15) is 0 Å². The molecule has 1 aliphatic carbocycles. The molecule has 2 aromatic rings. The molecule has 0 saturated carbocycles. The van der Waals surface area contributed by atoms with Crippen molar-refractivity contribution in [1.82, 2.24) is 0 Å². The fraction of sp³-hybridized carbons (Fsp3) is 0.190. The number of hydrogen-bond donors (Lipinski definition) is 2. The molecule has 2 unspecified atom stereocenters. The number of hydrogen-bond acceptors (Lipinski definition) is 3. The summed E-state index contributed by atoms with van der Waals surface area (Å²) in [5.41, 5.74) is 0.910. The number of halogens is 2. The topological polar surface area (TPSA) is 83.5 Å². The molecule has 5 nitrogen and oxygen atoms in total. The number of nitrogens with one attached hydrogen (secondary N) is 1. The van der Waals surface area contributed by atoms with Crippen LogP contribution in [0.15, 0.2) is 59.1 Å². The zero-order valence-electron chi connectivity index (χ0n) is 14.7. The smallest absolute Gasteiger partial charge is 0.307 e. The lowest BCUT2D eigenvalue weighted by molar-refractivity contribution is -0.146. The van der Waals surface area contributed by atoms with Crippen LogP contribution in [-0.4, -0.2) is 22.8 Å². The van der Waals surface area contributed by atoms with Gasteiger partial charge in [-0.2, -0.15) is 0 Å². The summed E-state index contributed by atoms with van der Waals surface area (Å²) in [6, 6.07) is 11.6. The van der Waals surface area contributed by atoms with Gasteiger partial charge in [-0.3, -0.25) is 14.4 Å². The molecule has 28 heavy (non-hydrogen) atoms. The second kappa shape index (κ2) is 8.71. The summed E-state index contributed by atoms with van der Waals surface area (Å²) in [6.07, 6.45) is 4.22. The lowest BCUT2D eigenvalue weighted by Gasteiger charge is -2.24.